The maximum absolute atomic E-state index is 13.8. The zero-order valence-corrected chi connectivity index (χ0v) is 13.2. The summed E-state index contributed by atoms with van der Waals surface area (Å²) < 4.78 is 28.9. The second-order valence-corrected chi connectivity index (χ2v) is 5.81. The van der Waals surface area contributed by atoms with Gasteiger partial charge in [-0.2, -0.15) is 0 Å². The van der Waals surface area contributed by atoms with Crippen LogP contribution in [-0.2, 0) is 0 Å². The maximum Gasteiger partial charge on any atom is 0.254 e. The number of halogens is 2. The summed E-state index contributed by atoms with van der Waals surface area (Å²) in [7, 11) is 0. The van der Waals surface area contributed by atoms with Crippen molar-refractivity contribution in [2.24, 2.45) is 5.92 Å². The van der Waals surface area contributed by atoms with Crippen LogP contribution in [0.1, 0.15) is 36.1 Å². The molecule has 1 aromatic carbocycles. The van der Waals surface area contributed by atoms with E-state index in [1.807, 2.05) is 26.0 Å². The summed E-state index contributed by atoms with van der Waals surface area (Å²) in [4.78, 5) is 12.4. The van der Waals surface area contributed by atoms with Crippen molar-refractivity contribution in [2.75, 3.05) is 0 Å². The molecule has 0 spiro atoms. The lowest BCUT2D eigenvalue weighted by molar-refractivity contribution is 0.0918. The molecule has 0 aliphatic carbocycles. The zero-order valence-electron chi connectivity index (χ0n) is 13.2. The van der Waals surface area contributed by atoms with Gasteiger partial charge in [-0.25, -0.2) is 8.78 Å². The number of rotatable bonds is 4. The largest absolute Gasteiger partial charge is 0.342 e. The molecule has 1 amide bonds. The standard InChI is InChI=1S/C17H16F2N4O/c1-10(2)15(16-22-21-14-5-3-4-8-23(14)16)20-17(24)12-9-11(18)6-7-13(12)19/h3-10,15H,1-2H3,(H,20,24)/t15-/m0/s1. The average Bonchev–Trinajstić information content (AvgIpc) is 2.98. The third-order valence-electron chi connectivity index (χ3n) is 3.74. The summed E-state index contributed by atoms with van der Waals surface area (Å²) >= 11 is 0. The number of benzene rings is 1. The number of amides is 1. The van der Waals surface area contributed by atoms with Crippen LogP contribution in [0, 0.1) is 17.6 Å². The number of nitrogens with zero attached hydrogens (tertiary/aromatic N) is 3. The Morgan fingerprint density at radius 3 is 2.71 bits per heavy atom. The molecule has 3 aromatic rings. The van der Waals surface area contributed by atoms with E-state index in [2.05, 4.69) is 15.5 Å². The van der Waals surface area contributed by atoms with Crippen molar-refractivity contribution >= 4 is 11.6 Å². The number of aromatic nitrogens is 3. The number of carbonyl (C=O) groups excluding carboxylic acids is 1. The van der Waals surface area contributed by atoms with Crippen LogP contribution < -0.4 is 5.32 Å². The fourth-order valence-corrected chi connectivity index (χ4v) is 2.49. The van der Waals surface area contributed by atoms with Crippen molar-refractivity contribution in [3.8, 4) is 0 Å². The first-order chi connectivity index (χ1) is 11.5. The first-order valence-electron chi connectivity index (χ1n) is 7.53. The zero-order chi connectivity index (χ0) is 17.3. The molecule has 124 valence electrons. The fourth-order valence-electron chi connectivity index (χ4n) is 2.49. The SMILES string of the molecule is CC(C)[C@H](NC(=O)c1cc(F)ccc1F)c1nnc2ccccn12. The van der Waals surface area contributed by atoms with E-state index in [1.165, 1.54) is 0 Å². The molecule has 0 saturated carbocycles. The number of hydrogen-bond acceptors (Lipinski definition) is 3. The van der Waals surface area contributed by atoms with Crippen LogP contribution in [0.4, 0.5) is 8.78 Å². The minimum Gasteiger partial charge on any atom is -0.342 e. The second-order valence-electron chi connectivity index (χ2n) is 5.81. The molecule has 1 N–H and O–H groups in total. The Morgan fingerprint density at radius 2 is 1.96 bits per heavy atom. The highest BCUT2D eigenvalue weighted by Gasteiger charge is 2.25. The van der Waals surface area contributed by atoms with E-state index in [-0.39, 0.29) is 11.5 Å². The van der Waals surface area contributed by atoms with Crippen LogP contribution in [0.15, 0.2) is 42.6 Å². The average molecular weight is 330 g/mol. The Balaban J connectivity index is 1.95. The molecular weight excluding hydrogens is 314 g/mol. The van der Waals surface area contributed by atoms with E-state index in [1.54, 1.807) is 16.7 Å². The molecule has 5 nitrogen and oxygen atoms in total. The van der Waals surface area contributed by atoms with Crippen LogP contribution in [-0.4, -0.2) is 20.5 Å². The van der Waals surface area contributed by atoms with Crippen molar-refractivity contribution < 1.29 is 13.6 Å². The minimum atomic E-state index is -0.775. The number of hydrogen-bond donors (Lipinski definition) is 1. The summed E-state index contributed by atoms with van der Waals surface area (Å²) in [6.07, 6.45) is 1.79. The van der Waals surface area contributed by atoms with Crippen molar-refractivity contribution in [1.29, 1.82) is 0 Å². The van der Waals surface area contributed by atoms with Crippen LogP contribution in [0.3, 0.4) is 0 Å². The monoisotopic (exact) mass is 330 g/mol. The lowest BCUT2D eigenvalue weighted by Crippen LogP contribution is -2.33. The molecular formula is C17H16F2N4O. The molecule has 0 fully saturated rings. The minimum absolute atomic E-state index is 0.0295. The van der Waals surface area contributed by atoms with Gasteiger partial charge in [-0.15, -0.1) is 10.2 Å². The van der Waals surface area contributed by atoms with Gasteiger partial charge in [0.05, 0.1) is 11.6 Å². The Kier molecular flexibility index (Phi) is 4.24. The highest BCUT2D eigenvalue weighted by molar-refractivity contribution is 5.94. The lowest BCUT2D eigenvalue weighted by Gasteiger charge is -2.21. The van der Waals surface area contributed by atoms with Crippen LogP contribution in [0.5, 0.6) is 0 Å². The Hall–Kier alpha value is -2.83. The fraction of sp³-hybridized carbons (Fsp3) is 0.235. The molecule has 1 atom stereocenters. The molecule has 0 saturated heterocycles. The van der Waals surface area contributed by atoms with Crippen molar-refractivity contribution in [3.05, 3.63) is 65.6 Å². The van der Waals surface area contributed by atoms with Crippen LogP contribution >= 0.6 is 0 Å². The van der Waals surface area contributed by atoms with Gasteiger partial charge in [-0.3, -0.25) is 9.20 Å². The van der Waals surface area contributed by atoms with E-state index in [0.29, 0.717) is 11.5 Å². The summed E-state index contributed by atoms with van der Waals surface area (Å²) in [5, 5.41) is 10.9. The first-order valence-corrected chi connectivity index (χ1v) is 7.53. The third kappa shape index (κ3) is 2.97. The smallest absolute Gasteiger partial charge is 0.254 e. The molecule has 0 aliphatic heterocycles. The first kappa shape index (κ1) is 16.0. The highest BCUT2D eigenvalue weighted by Crippen LogP contribution is 2.22. The van der Waals surface area contributed by atoms with Gasteiger partial charge >= 0.3 is 0 Å². The Bertz CT molecular complexity index is 891. The van der Waals surface area contributed by atoms with E-state index < -0.39 is 23.6 Å². The molecule has 24 heavy (non-hydrogen) atoms. The number of fused-ring (bicyclic) bond motifs is 1. The van der Waals surface area contributed by atoms with Crippen LogP contribution in [0.2, 0.25) is 0 Å². The molecule has 3 rings (SSSR count). The summed E-state index contributed by atoms with van der Waals surface area (Å²) in [6.45, 7) is 3.80. The number of nitrogens with one attached hydrogen (secondary N) is 1. The second kappa shape index (κ2) is 6.35. The van der Waals surface area contributed by atoms with E-state index in [4.69, 9.17) is 0 Å². The molecule has 0 radical (unpaired) electrons. The van der Waals surface area contributed by atoms with Gasteiger partial charge in [0.1, 0.15) is 11.6 Å². The number of pyridine rings is 1. The van der Waals surface area contributed by atoms with Gasteiger partial charge in [-0.05, 0) is 36.2 Å². The van der Waals surface area contributed by atoms with Crippen molar-refractivity contribution in [3.63, 3.8) is 0 Å². The van der Waals surface area contributed by atoms with Gasteiger partial charge in [0.15, 0.2) is 11.5 Å². The molecule has 7 heteroatoms. The summed E-state index contributed by atoms with van der Waals surface area (Å²) in [5.41, 5.74) is 0.304. The topological polar surface area (TPSA) is 59.3 Å². The van der Waals surface area contributed by atoms with Crippen molar-refractivity contribution in [1.82, 2.24) is 19.9 Å². The van der Waals surface area contributed by atoms with Gasteiger partial charge in [0, 0.05) is 6.20 Å². The van der Waals surface area contributed by atoms with Crippen LogP contribution in [0.25, 0.3) is 5.65 Å². The van der Waals surface area contributed by atoms with Crippen molar-refractivity contribution in [2.45, 2.75) is 19.9 Å². The Morgan fingerprint density at radius 1 is 1.17 bits per heavy atom. The van der Waals surface area contributed by atoms with Gasteiger partial charge in [-0.1, -0.05) is 19.9 Å². The predicted molar refractivity (Wildman–Crippen MR) is 84.4 cm³/mol. The quantitative estimate of drug-likeness (QED) is 0.799. The summed E-state index contributed by atoms with van der Waals surface area (Å²) in [5.74, 6) is -1.64. The third-order valence-corrected chi connectivity index (χ3v) is 3.74. The normalized spacial score (nSPS) is 12.5. The molecule has 2 aromatic heterocycles. The number of carbonyl (C=O) groups is 1. The van der Waals surface area contributed by atoms with Gasteiger partial charge < -0.3 is 5.32 Å². The molecule has 0 unspecified atom stereocenters. The molecule has 0 bridgehead atoms. The predicted octanol–water partition coefficient (Wildman–Crippen LogP) is 3.13. The van der Waals surface area contributed by atoms with E-state index in [0.717, 1.165) is 18.2 Å². The lowest BCUT2D eigenvalue weighted by atomic mass is 10.0. The Labute approximate surface area is 137 Å². The molecule has 2 heterocycles. The highest BCUT2D eigenvalue weighted by atomic mass is 19.1. The van der Waals surface area contributed by atoms with Gasteiger partial charge in [0.25, 0.3) is 5.91 Å². The molecule has 0 aliphatic rings. The van der Waals surface area contributed by atoms with E-state index >= 15 is 0 Å². The maximum atomic E-state index is 13.8. The summed E-state index contributed by atoms with van der Waals surface area (Å²) in [6, 6.07) is 7.73. The van der Waals surface area contributed by atoms with Gasteiger partial charge in [0.2, 0.25) is 0 Å². The van der Waals surface area contributed by atoms with E-state index in [9.17, 15) is 13.6 Å².